The van der Waals surface area contributed by atoms with Gasteiger partial charge in [0.25, 0.3) is 11.5 Å². The van der Waals surface area contributed by atoms with Gasteiger partial charge < -0.3 is 14.8 Å². The van der Waals surface area contributed by atoms with Crippen molar-refractivity contribution in [1.82, 2.24) is 14.7 Å². The minimum Gasteiger partial charge on any atom is -0.467 e. The van der Waals surface area contributed by atoms with Crippen LogP contribution in [0.25, 0.3) is 5.65 Å². The van der Waals surface area contributed by atoms with E-state index in [1.165, 1.54) is 16.9 Å². The zero-order chi connectivity index (χ0) is 16.4. The smallest absolute Gasteiger partial charge is 0.270 e. The maximum absolute atomic E-state index is 12.4. The highest BCUT2D eigenvalue weighted by Crippen LogP contribution is 2.11. The third kappa shape index (κ3) is 3.00. The van der Waals surface area contributed by atoms with Crippen molar-refractivity contribution in [3.8, 4) is 0 Å². The molecule has 0 fully saturated rings. The molecule has 0 aliphatic carbocycles. The summed E-state index contributed by atoms with van der Waals surface area (Å²) in [5.74, 6) is -0.252. The van der Waals surface area contributed by atoms with Gasteiger partial charge in [0.2, 0.25) is 0 Å². The second-order valence-corrected chi connectivity index (χ2v) is 5.15. The van der Waals surface area contributed by atoms with E-state index in [1.807, 2.05) is 13.0 Å². The molecule has 118 valence electrons. The molecule has 0 saturated carbocycles. The topological polar surface area (TPSA) is 96.8 Å². The molecule has 3 aromatic heterocycles. The standard InChI is InChI=1S/C16H15N3O4/c1-10-4-5-14-17-7-11(16(22)19(14)9-10)15(21)18-8-12(20)13-3-2-6-23-13/h2-7,9,12,20H,8H2,1H3,(H,18,21). The molecule has 1 amide bonds. The van der Waals surface area contributed by atoms with Crippen LogP contribution in [0.3, 0.4) is 0 Å². The molecule has 0 aliphatic rings. The summed E-state index contributed by atoms with van der Waals surface area (Å²) < 4.78 is 6.37. The Kier molecular flexibility index (Phi) is 3.94. The van der Waals surface area contributed by atoms with Crippen LogP contribution in [0.5, 0.6) is 0 Å². The van der Waals surface area contributed by atoms with Crippen molar-refractivity contribution in [3.05, 3.63) is 70.2 Å². The van der Waals surface area contributed by atoms with Gasteiger partial charge >= 0.3 is 0 Å². The largest absolute Gasteiger partial charge is 0.467 e. The van der Waals surface area contributed by atoms with Gasteiger partial charge in [-0.05, 0) is 30.7 Å². The molecule has 0 saturated heterocycles. The molecule has 23 heavy (non-hydrogen) atoms. The van der Waals surface area contributed by atoms with Crippen LogP contribution in [0, 0.1) is 6.92 Å². The van der Waals surface area contributed by atoms with Crippen LogP contribution in [0.15, 0.2) is 52.1 Å². The summed E-state index contributed by atoms with van der Waals surface area (Å²) in [7, 11) is 0. The second-order valence-electron chi connectivity index (χ2n) is 5.15. The first-order chi connectivity index (χ1) is 11.1. The van der Waals surface area contributed by atoms with Gasteiger partial charge in [0.15, 0.2) is 0 Å². The number of nitrogens with zero attached hydrogens (tertiary/aromatic N) is 2. The molecule has 0 radical (unpaired) electrons. The highest BCUT2D eigenvalue weighted by atomic mass is 16.4. The number of aromatic nitrogens is 2. The van der Waals surface area contributed by atoms with E-state index >= 15 is 0 Å². The Morgan fingerprint density at radius 2 is 2.26 bits per heavy atom. The molecule has 0 bridgehead atoms. The van der Waals surface area contributed by atoms with Crippen molar-refractivity contribution in [2.45, 2.75) is 13.0 Å². The van der Waals surface area contributed by atoms with E-state index in [1.54, 1.807) is 24.4 Å². The first-order valence-electron chi connectivity index (χ1n) is 7.04. The number of hydrogen-bond acceptors (Lipinski definition) is 5. The van der Waals surface area contributed by atoms with Gasteiger partial charge in [-0.15, -0.1) is 0 Å². The van der Waals surface area contributed by atoms with E-state index in [9.17, 15) is 14.7 Å². The number of carbonyl (C=O) groups is 1. The fourth-order valence-electron chi connectivity index (χ4n) is 2.20. The van der Waals surface area contributed by atoms with Crippen molar-refractivity contribution in [2.75, 3.05) is 6.54 Å². The predicted octanol–water partition coefficient (Wildman–Crippen LogP) is 1.06. The number of pyridine rings is 1. The number of nitrogens with one attached hydrogen (secondary N) is 1. The van der Waals surface area contributed by atoms with Crippen LogP contribution < -0.4 is 10.9 Å². The minimum atomic E-state index is -0.979. The normalized spacial score (nSPS) is 12.3. The van der Waals surface area contributed by atoms with E-state index in [2.05, 4.69) is 10.3 Å². The van der Waals surface area contributed by atoms with E-state index in [4.69, 9.17) is 4.42 Å². The average molecular weight is 313 g/mol. The molecule has 2 N–H and O–H groups in total. The Morgan fingerprint density at radius 3 is 3.00 bits per heavy atom. The molecule has 0 aliphatic heterocycles. The molecule has 0 spiro atoms. The van der Waals surface area contributed by atoms with Gasteiger partial charge in [-0.3, -0.25) is 14.0 Å². The summed E-state index contributed by atoms with van der Waals surface area (Å²) in [6, 6.07) is 6.79. The summed E-state index contributed by atoms with van der Waals surface area (Å²) >= 11 is 0. The van der Waals surface area contributed by atoms with Crippen LogP contribution in [0.1, 0.15) is 27.8 Å². The molecular formula is C16H15N3O4. The van der Waals surface area contributed by atoms with Crippen molar-refractivity contribution in [1.29, 1.82) is 0 Å². The van der Waals surface area contributed by atoms with Crippen LogP contribution >= 0.6 is 0 Å². The molecule has 0 aromatic carbocycles. The maximum Gasteiger partial charge on any atom is 0.270 e. The predicted molar refractivity (Wildman–Crippen MR) is 82.2 cm³/mol. The molecule has 3 heterocycles. The van der Waals surface area contributed by atoms with Gasteiger partial charge in [-0.25, -0.2) is 4.98 Å². The van der Waals surface area contributed by atoms with E-state index in [0.717, 1.165) is 5.56 Å². The summed E-state index contributed by atoms with van der Waals surface area (Å²) in [5.41, 5.74) is 0.809. The number of aliphatic hydroxyl groups excluding tert-OH is 1. The van der Waals surface area contributed by atoms with E-state index in [-0.39, 0.29) is 12.1 Å². The van der Waals surface area contributed by atoms with E-state index in [0.29, 0.717) is 11.4 Å². The zero-order valence-corrected chi connectivity index (χ0v) is 12.4. The first-order valence-corrected chi connectivity index (χ1v) is 7.04. The van der Waals surface area contributed by atoms with Gasteiger partial charge in [0.05, 0.1) is 12.8 Å². The average Bonchev–Trinajstić information content (AvgIpc) is 3.08. The number of fused-ring (bicyclic) bond motifs is 1. The van der Waals surface area contributed by atoms with Crippen molar-refractivity contribution in [2.24, 2.45) is 0 Å². The summed E-state index contributed by atoms with van der Waals surface area (Å²) in [6.07, 6.45) is 3.32. The lowest BCUT2D eigenvalue weighted by atomic mass is 10.2. The number of amides is 1. The lowest BCUT2D eigenvalue weighted by Crippen LogP contribution is -2.34. The lowest BCUT2D eigenvalue weighted by Gasteiger charge is -2.10. The second kappa shape index (κ2) is 6.05. The van der Waals surface area contributed by atoms with Crippen LogP contribution in [0.4, 0.5) is 0 Å². The van der Waals surface area contributed by atoms with Crippen molar-refractivity contribution >= 4 is 11.6 Å². The fraction of sp³-hybridized carbons (Fsp3) is 0.188. The number of carbonyl (C=O) groups excluding carboxylic acids is 1. The quantitative estimate of drug-likeness (QED) is 0.750. The third-order valence-electron chi connectivity index (χ3n) is 3.42. The highest BCUT2D eigenvalue weighted by Gasteiger charge is 2.16. The van der Waals surface area contributed by atoms with Crippen LogP contribution in [0.2, 0.25) is 0 Å². The number of rotatable bonds is 4. The SMILES string of the molecule is Cc1ccc2ncc(C(=O)NCC(O)c3ccco3)c(=O)n2c1. The number of aryl methyl sites for hydroxylation is 1. The molecule has 1 atom stereocenters. The van der Waals surface area contributed by atoms with Gasteiger partial charge in [-0.1, -0.05) is 6.07 Å². The fourth-order valence-corrected chi connectivity index (χ4v) is 2.20. The van der Waals surface area contributed by atoms with E-state index < -0.39 is 17.6 Å². The molecular weight excluding hydrogens is 298 g/mol. The molecule has 3 rings (SSSR count). The number of furan rings is 1. The summed E-state index contributed by atoms with van der Waals surface area (Å²) in [6.45, 7) is 1.78. The van der Waals surface area contributed by atoms with Crippen molar-refractivity contribution in [3.63, 3.8) is 0 Å². The molecule has 3 aromatic rings. The third-order valence-corrected chi connectivity index (χ3v) is 3.42. The monoisotopic (exact) mass is 313 g/mol. The van der Waals surface area contributed by atoms with Gasteiger partial charge in [-0.2, -0.15) is 0 Å². The molecule has 7 nitrogen and oxygen atoms in total. The Balaban J connectivity index is 1.81. The van der Waals surface area contributed by atoms with Gasteiger partial charge in [0, 0.05) is 12.4 Å². The van der Waals surface area contributed by atoms with Gasteiger partial charge in [0.1, 0.15) is 23.1 Å². The maximum atomic E-state index is 12.4. The number of aliphatic hydroxyl groups is 1. The highest BCUT2D eigenvalue weighted by molar-refractivity contribution is 5.93. The van der Waals surface area contributed by atoms with Crippen molar-refractivity contribution < 1.29 is 14.3 Å². The Hall–Kier alpha value is -2.93. The first kappa shape index (κ1) is 15.0. The number of hydrogen-bond donors (Lipinski definition) is 2. The molecule has 7 heteroatoms. The Morgan fingerprint density at radius 1 is 1.43 bits per heavy atom. The Labute approximate surface area is 131 Å². The summed E-state index contributed by atoms with van der Waals surface area (Å²) in [4.78, 5) is 28.6. The minimum absolute atomic E-state index is 0.0672. The Bertz CT molecular complexity index is 899. The van der Waals surface area contributed by atoms with Crippen LogP contribution in [-0.2, 0) is 0 Å². The zero-order valence-electron chi connectivity index (χ0n) is 12.4. The molecule has 1 unspecified atom stereocenters. The summed E-state index contributed by atoms with van der Waals surface area (Å²) in [5, 5.41) is 12.4. The lowest BCUT2D eigenvalue weighted by molar-refractivity contribution is 0.0899. The van der Waals surface area contributed by atoms with Crippen LogP contribution in [-0.4, -0.2) is 26.9 Å².